The van der Waals surface area contributed by atoms with Gasteiger partial charge < -0.3 is 9.84 Å². The van der Waals surface area contributed by atoms with Gasteiger partial charge in [-0.15, -0.1) is 0 Å². The number of aromatic carboxylic acids is 1. The van der Waals surface area contributed by atoms with Gasteiger partial charge in [-0.1, -0.05) is 15.9 Å². The highest BCUT2D eigenvalue weighted by atomic mass is 79.9. The molecule has 0 bridgehead atoms. The third kappa shape index (κ3) is 2.97. The molecule has 8 heteroatoms. The van der Waals surface area contributed by atoms with E-state index in [4.69, 9.17) is 9.84 Å². The molecule has 1 aliphatic heterocycles. The highest BCUT2D eigenvalue weighted by Crippen LogP contribution is 2.25. The van der Waals surface area contributed by atoms with Crippen LogP contribution < -0.4 is 4.72 Å². The Labute approximate surface area is 118 Å². The van der Waals surface area contributed by atoms with E-state index < -0.39 is 16.0 Å². The molecule has 1 aliphatic rings. The van der Waals surface area contributed by atoms with Crippen LogP contribution in [0, 0.1) is 6.92 Å². The standard InChI is InChI=1S/C11H12BrNO5S/c1-6-9(11(14)15)2-8(3-10(6)12)19(16,17)13-7-4-18-5-7/h2-3,7,13H,4-5H2,1H3,(H,14,15). The Morgan fingerprint density at radius 3 is 2.58 bits per heavy atom. The molecule has 1 fully saturated rings. The third-order valence-corrected chi connectivity index (χ3v) is 5.14. The van der Waals surface area contributed by atoms with E-state index in [1.165, 1.54) is 6.07 Å². The molecule has 0 spiro atoms. The van der Waals surface area contributed by atoms with Gasteiger partial charge in [0.2, 0.25) is 10.0 Å². The van der Waals surface area contributed by atoms with E-state index in [1.54, 1.807) is 6.92 Å². The zero-order valence-electron chi connectivity index (χ0n) is 10.0. The number of carbonyl (C=O) groups is 1. The molecule has 0 unspecified atom stereocenters. The number of halogens is 1. The van der Waals surface area contributed by atoms with E-state index in [-0.39, 0.29) is 16.5 Å². The van der Waals surface area contributed by atoms with E-state index >= 15 is 0 Å². The van der Waals surface area contributed by atoms with E-state index in [0.29, 0.717) is 23.2 Å². The van der Waals surface area contributed by atoms with Gasteiger partial charge in [0.15, 0.2) is 0 Å². The van der Waals surface area contributed by atoms with Crippen LogP contribution in [-0.2, 0) is 14.8 Å². The summed E-state index contributed by atoms with van der Waals surface area (Å²) < 4.78 is 32.0. The second-order valence-electron chi connectivity index (χ2n) is 4.24. The van der Waals surface area contributed by atoms with Crippen molar-refractivity contribution in [2.45, 2.75) is 17.9 Å². The third-order valence-electron chi connectivity index (χ3n) is 2.82. The quantitative estimate of drug-likeness (QED) is 0.849. The fourth-order valence-corrected chi connectivity index (χ4v) is 3.49. The fraction of sp³-hybridized carbons (Fsp3) is 0.364. The van der Waals surface area contributed by atoms with Crippen molar-refractivity contribution in [2.75, 3.05) is 13.2 Å². The van der Waals surface area contributed by atoms with Gasteiger partial charge in [-0.25, -0.2) is 17.9 Å². The monoisotopic (exact) mass is 349 g/mol. The number of carboxylic acids is 1. The van der Waals surface area contributed by atoms with E-state index in [2.05, 4.69) is 20.7 Å². The zero-order chi connectivity index (χ0) is 14.2. The van der Waals surface area contributed by atoms with E-state index in [9.17, 15) is 13.2 Å². The average molecular weight is 350 g/mol. The lowest BCUT2D eigenvalue weighted by molar-refractivity contribution is 0.00482. The summed E-state index contributed by atoms with van der Waals surface area (Å²) in [5, 5.41) is 9.06. The molecule has 0 aliphatic carbocycles. The number of hydrogen-bond acceptors (Lipinski definition) is 4. The van der Waals surface area contributed by atoms with Crippen LogP contribution in [0.1, 0.15) is 15.9 Å². The Balaban J connectivity index is 2.41. The SMILES string of the molecule is Cc1c(Br)cc(S(=O)(=O)NC2COC2)cc1C(=O)O. The molecular formula is C11H12BrNO5S. The Morgan fingerprint density at radius 1 is 1.47 bits per heavy atom. The first-order valence-corrected chi connectivity index (χ1v) is 7.72. The largest absolute Gasteiger partial charge is 0.478 e. The second kappa shape index (κ2) is 5.20. The summed E-state index contributed by atoms with van der Waals surface area (Å²) in [5.41, 5.74) is 0.443. The predicted octanol–water partition coefficient (Wildman–Crippen LogP) is 1.13. The molecule has 104 valence electrons. The number of carboxylic acid groups (broad SMARTS) is 1. The molecule has 0 amide bonds. The van der Waals surface area contributed by atoms with Gasteiger partial charge >= 0.3 is 5.97 Å². The first-order valence-electron chi connectivity index (χ1n) is 5.45. The van der Waals surface area contributed by atoms with Crippen molar-refractivity contribution >= 4 is 31.9 Å². The fourth-order valence-electron chi connectivity index (χ4n) is 1.62. The molecule has 2 rings (SSSR count). The lowest BCUT2D eigenvalue weighted by atomic mass is 10.1. The van der Waals surface area contributed by atoms with Crippen LogP contribution in [-0.4, -0.2) is 38.7 Å². The molecule has 0 atom stereocenters. The number of nitrogens with one attached hydrogen (secondary N) is 1. The maximum absolute atomic E-state index is 12.1. The van der Waals surface area contributed by atoms with E-state index in [1.807, 2.05) is 0 Å². The molecule has 0 aromatic heterocycles. The van der Waals surface area contributed by atoms with Crippen LogP contribution in [0.3, 0.4) is 0 Å². The maximum atomic E-state index is 12.1. The van der Waals surface area contributed by atoms with Crippen molar-refractivity contribution in [3.05, 3.63) is 27.7 Å². The first kappa shape index (κ1) is 14.4. The Hall–Kier alpha value is -0.960. The highest BCUT2D eigenvalue weighted by Gasteiger charge is 2.27. The van der Waals surface area contributed by atoms with Gasteiger partial charge in [-0.05, 0) is 24.6 Å². The summed E-state index contributed by atoms with van der Waals surface area (Å²) in [5.74, 6) is -1.16. The van der Waals surface area contributed by atoms with Crippen LogP contribution in [0.2, 0.25) is 0 Å². The molecule has 19 heavy (non-hydrogen) atoms. The van der Waals surface area contributed by atoms with Crippen LogP contribution >= 0.6 is 15.9 Å². The number of sulfonamides is 1. The summed E-state index contributed by atoms with van der Waals surface area (Å²) in [6, 6.07) is 2.30. The molecule has 1 aromatic rings. The predicted molar refractivity (Wildman–Crippen MR) is 70.8 cm³/mol. The van der Waals surface area contributed by atoms with Crippen molar-refractivity contribution in [2.24, 2.45) is 0 Å². The molecule has 0 radical (unpaired) electrons. The van der Waals surface area contributed by atoms with Crippen molar-refractivity contribution in [1.29, 1.82) is 0 Å². The Kier molecular flexibility index (Phi) is 3.95. The summed E-state index contributed by atoms with van der Waals surface area (Å²) in [7, 11) is -3.74. The second-order valence-corrected chi connectivity index (χ2v) is 6.81. The van der Waals surface area contributed by atoms with Gasteiger partial charge in [0, 0.05) is 4.47 Å². The molecule has 6 nitrogen and oxygen atoms in total. The number of benzene rings is 1. The number of hydrogen-bond donors (Lipinski definition) is 2. The van der Waals surface area contributed by atoms with Gasteiger partial charge in [0.1, 0.15) is 0 Å². The topological polar surface area (TPSA) is 92.7 Å². The summed E-state index contributed by atoms with van der Waals surface area (Å²) in [6.45, 7) is 2.27. The van der Waals surface area contributed by atoms with Crippen LogP contribution in [0.25, 0.3) is 0 Å². The van der Waals surface area contributed by atoms with Crippen LogP contribution in [0.5, 0.6) is 0 Å². The van der Waals surface area contributed by atoms with Crippen LogP contribution in [0.15, 0.2) is 21.5 Å². The molecule has 1 heterocycles. The van der Waals surface area contributed by atoms with E-state index in [0.717, 1.165) is 6.07 Å². The number of ether oxygens (including phenoxy) is 1. The number of rotatable bonds is 4. The molecular weight excluding hydrogens is 338 g/mol. The van der Waals surface area contributed by atoms with Gasteiger partial charge in [0.05, 0.1) is 29.7 Å². The minimum Gasteiger partial charge on any atom is -0.478 e. The Bertz CT molecular complexity index is 624. The van der Waals surface area contributed by atoms with Crippen LogP contribution in [0.4, 0.5) is 0 Å². The summed E-state index contributed by atoms with van der Waals surface area (Å²) >= 11 is 3.17. The minimum atomic E-state index is -3.74. The first-order chi connectivity index (χ1) is 8.81. The van der Waals surface area contributed by atoms with Crippen molar-refractivity contribution in [1.82, 2.24) is 4.72 Å². The van der Waals surface area contributed by atoms with Gasteiger partial charge in [-0.3, -0.25) is 0 Å². The lowest BCUT2D eigenvalue weighted by Gasteiger charge is -2.26. The average Bonchev–Trinajstić information content (AvgIpc) is 2.26. The lowest BCUT2D eigenvalue weighted by Crippen LogP contribution is -2.48. The summed E-state index contributed by atoms with van der Waals surface area (Å²) in [4.78, 5) is 11.0. The molecule has 1 aromatic carbocycles. The van der Waals surface area contributed by atoms with Gasteiger partial charge in [0.25, 0.3) is 0 Å². The summed E-state index contributed by atoms with van der Waals surface area (Å²) in [6.07, 6.45) is 0. The highest BCUT2D eigenvalue weighted by molar-refractivity contribution is 9.10. The van der Waals surface area contributed by atoms with Crippen molar-refractivity contribution < 1.29 is 23.1 Å². The molecule has 2 N–H and O–H groups in total. The van der Waals surface area contributed by atoms with Crippen molar-refractivity contribution in [3.63, 3.8) is 0 Å². The smallest absolute Gasteiger partial charge is 0.336 e. The normalized spacial score (nSPS) is 16.1. The van der Waals surface area contributed by atoms with Crippen molar-refractivity contribution in [3.8, 4) is 0 Å². The molecule has 0 saturated carbocycles. The Morgan fingerprint density at radius 2 is 2.11 bits per heavy atom. The maximum Gasteiger partial charge on any atom is 0.336 e. The zero-order valence-corrected chi connectivity index (χ0v) is 12.4. The molecule has 1 saturated heterocycles. The van der Waals surface area contributed by atoms with Gasteiger partial charge in [-0.2, -0.15) is 0 Å². The minimum absolute atomic E-state index is 0.0420.